The fraction of sp³-hybridized carbons (Fsp3) is 0.533. The second-order valence-corrected chi connectivity index (χ2v) is 5.24. The second kappa shape index (κ2) is 6.01. The molecule has 1 aliphatic heterocycles. The molecule has 1 aromatic carbocycles. The summed E-state index contributed by atoms with van der Waals surface area (Å²) in [5.74, 6) is 0.767. The van der Waals surface area contributed by atoms with Crippen molar-refractivity contribution in [3.05, 3.63) is 35.4 Å². The predicted octanol–water partition coefficient (Wildman–Crippen LogP) is 2.13. The van der Waals surface area contributed by atoms with E-state index in [9.17, 15) is 4.79 Å². The highest BCUT2D eigenvalue weighted by Crippen LogP contribution is 2.16. The lowest BCUT2D eigenvalue weighted by Gasteiger charge is -2.20. The lowest BCUT2D eigenvalue weighted by atomic mass is 10.0. The fourth-order valence-electron chi connectivity index (χ4n) is 2.22. The minimum atomic E-state index is 0.209. The molecule has 0 unspecified atom stereocenters. The van der Waals surface area contributed by atoms with E-state index in [-0.39, 0.29) is 5.91 Å². The maximum absolute atomic E-state index is 11.9. The lowest BCUT2D eigenvalue weighted by Crippen LogP contribution is -2.34. The molecule has 1 saturated heterocycles. The molecule has 18 heavy (non-hydrogen) atoms. The van der Waals surface area contributed by atoms with Crippen molar-refractivity contribution in [2.75, 3.05) is 19.6 Å². The lowest BCUT2D eigenvalue weighted by molar-refractivity contribution is -0.130. The van der Waals surface area contributed by atoms with E-state index >= 15 is 0 Å². The number of rotatable bonds is 3. The first kappa shape index (κ1) is 13.1. The number of carbonyl (C=O) groups excluding carboxylic acids is 1. The van der Waals surface area contributed by atoms with Crippen molar-refractivity contribution in [1.82, 2.24) is 10.2 Å². The molecule has 2 rings (SSSR count). The van der Waals surface area contributed by atoms with Gasteiger partial charge in [-0.05, 0) is 30.0 Å². The molecule has 0 aliphatic carbocycles. The third-order valence-electron chi connectivity index (χ3n) is 3.43. The number of carbonyl (C=O) groups is 1. The third-order valence-corrected chi connectivity index (χ3v) is 3.43. The molecule has 1 heterocycles. The average molecular weight is 246 g/mol. The van der Waals surface area contributed by atoms with Gasteiger partial charge < -0.3 is 10.2 Å². The first-order valence-electron chi connectivity index (χ1n) is 6.74. The summed E-state index contributed by atoms with van der Waals surface area (Å²) in [6.45, 7) is 7.40. The average Bonchev–Trinajstić information content (AvgIpc) is 2.56. The Hall–Kier alpha value is -1.35. The largest absolute Gasteiger partial charge is 0.337 e. The van der Waals surface area contributed by atoms with Gasteiger partial charge in [0.25, 0.3) is 0 Å². The Balaban J connectivity index is 2.01. The van der Waals surface area contributed by atoms with Gasteiger partial charge in [0.15, 0.2) is 0 Å². The molecule has 0 aromatic heterocycles. The zero-order chi connectivity index (χ0) is 13.0. The highest BCUT2D eigenvalue weighted by Gasteiger charge is 2.16. The summed E-state index contributed by atoms with van der Waals surface area (Å²) in [6, 6.07) is 8.61. The molecule has 1 amide bonds. The van der Waals surface area contributed by atoms with Gasteiger partial charge in [-0.2, -0.15) is 0 Å². The minimum Gasteiger partial charge on any atom is -0.337 e. The van der Waals surface area contributed by atoms with E-state index < -0.39 is 0 Å². The van der Waals surface area contributed by atoms with Crippen LogP contribution in [0.5, 0.6) is 0 Å². The zero-order valence-electron chi connectivity index (χ0n) is 11.3. The van der Waals surface area contributed by atoms with Crippen LogP contribution in [-0.4, -0.2) is 30.4 Å². The Kier molecular flexibility index (Phi) is 4.37. The van der Waals surface area contributed by atoms with Gasteiger partial charge >= 0.3 is 0 Å². The van der Waals surface area contributed by atoms with Gasteiger partial charge in [-0.1, -0.05) is 38.1 Å². The summed E-state index contributed by atoms with van der Waals surface area (Å²) in [5, 5.41) is 3.15. The van der Waals surface area contributed by atoms with E-state index in [2.05, 4.69) is 43.4 Å². The first-order chi connectivity index (χ1) is 8.66. The summed E-state index contributed by atoms with van der Waals surface area (Å²) in [6.07, 6.45) is 1.04. The molecule has 0 radical (unpaired) electrons. The van der Waals surface area contributed by atoms with Gasteiger partial charge in [-0.15, -0.1) is 0 Å². The molecule has 3 nitrogen and oxygen atoms in total. The van der Waals surface area contributed by atoms with E-state index in [4.69, 9.17) is 0 Å². The Labute approximate surface area is 109 Å². The van der Waals surface area contributed by atoms with Gasteiger partial charge in [-0.25, -0.2) is 0 Å². The normalized spacial score (nSPS) is 17.1. The minimum absolute atomic E-state index is 0.209. The fourth-order valence-corrected chi connectivity index (χ4v) is 2.22. The van der Waals surface area contributed by atoms with Crippen LogP contribution in [0, 0.1) is 0 Å². The predicted molar refractivity (Wildman–Crippen MR) is 73.4 cm³/mol. The van der Waals surface area contributed by atoms with Gasteiger partial charge in [0, 0.05) is 13.1 Å². The Morgan fingerprint density at radius 3 is 2.67 bits per heavy atom. The van der Waals surface area contributed by atoms with Crippen molar-refractivity contribution >= 4 is 5.91 Å². The smallest absolute Gasteiger partial charge is 0.236 e. The van der Waals surface area contributed by atoms with E-state index in [0.717, 1.165) is 26.1 Å². The monoisotopic (exact) mass is 246 g/mol. The van der Waals surface area contributed by atoms with Gasteiger partial charge in [0.05, 0.1) is 6.54 Å². The summed E-state index contributed by atoms with van der Waals surface area (Å²) in [7, 11) is 0. The number of amides is 1. The molecule has 98 valence electrons. The SMILES string of the molecule is CC(C)c1ccc(CN2CCCNCC2=O)cc1. The van der Waals surface area contributed by atoms with Crippen LogP contribution in [0.4, 0.5) is 0 Å². The number of hydrogen-bond acceptors (Lipinski definition) is 2. The molecule has 0 saturated carbocycles. The molecular formula is C15H22N2O. The Morgan fingerprint density at radius 2 is 2.00 bits per heavy atom. The van der Waals surface area contributed by atoms with Crippen LogP contribution in [0.25, 0.3) is 0 Å². The maximum atomic E-state index is 11.9. The van der Waals surface area contributed by atoms with Crippen LogP contribution in [-0.2, 0) is 11.3 Å². The molecule has 3 heteroatoms. The summed E-state index contributed by atoms with van der Waals surface area (Å²) in [5.41, 5.74) is 2.57. The molecule has 0 atom stereocenters. The quantitative estimate of drug-likeness (QED) is 0.886. The summed E-state index contributed by atoms with van der Waals surface area (Å²) in [4.78, 5) is 13.8. The molecule has 1 N–H and O–H groups in total. The first-order valence-corrected chi connectivity index (χ1v) is 6.74. The van der Waals surface area contributed by atoms with E-state index in [1.54, 1.807) is 0 Å². The molecular weight excluding hydrogens is 224 g/mol. The highest BCUT2D eigenvalue weighted by atomic mass is 16.2. The molecule has 1 fully saturated rings. The van der Waals surface area contributed by atoms with Crippen LogP contribution < -0.4 is 5.32 Å². The number of hydrogen-bond donors (Lipinski definition) is 1. The summed E-state index contributed by atoms with van der Waals surface area (Å²) < 4.78 is 0. The number of nitrogens with one attached hydrogen (secondary N) is 1. The van der Waals surface area contributed by atoms with Crippen molar-refractivity contribution in [2.24, 2.45) is 0 Å². The third kappa shape index (κ3) is 3.33. The van der Waals surface area contributed by atoms with Crippen molar-refractivity contribution in [3.63, 3.8) is 0 Å². The molecule has 0 bridgehead atoms. The second-order valence-electron chi connectivity index (χ2n) is 5.24. The van der Waals surface area contributed by atoms with Crippen LogP contribution in [0.2, 0.25) is 0 Å². The van der Waals surface area contributed by atoms with Crippen molar-refractivity contribution in [3.8, 4) is 0 Å². The van der Waals surface area contributed by atoms with Gasteiger partial charge in [0.1, 0.15) is 0 Å². The Morgan fingerprint density at radius 1 is 1.28 bits per heavy atom. The molecule has 1 aromatic rings. The topological polar surface area (TPSA) is 32.3 Å². The Bertz CT molecular complexity index is 397. The van der Waals surface area contributed by atoms with Crippen molar-refractivity contribution in [1.29, 1.82) is 0 Å². The van der Waals surface area contributed by atoms with Crippen LogP contribution in [0.3, 0.4) is 0 Å². The van der Waals surface area contributed by atoms with Gasteiger partial charge in [0.2, 0.25) is 5.91 Å². The summed E-state index contributed by atoms with van der Waals surface area (Å²) >= 11 is 0. The van der Waals surface area contributed by atoms with Crippen LogP contribution in [0.15, 0.2) is 24.3 Å². The van der Waals surface area contributed by atoms with Crippen molar-refractivity contribution in [2.45, 2.75) is 32.7 Å². The molecule has 1 aliphatic rings. The molecule has 0 spiro atoms. The van der Waals surface area contributed by atoms with Crippen LogP contribution in [0.1, 0.15) is 37.3 Å². The highest BCUT2D eigenvalue weighted by molar-refractivity contribution is 5.78. The van der Waals surface area contributed by atoms with E-state index in [0.29, 0.717) is 12.5 Å². The van der Waals surface area contributed by atoms with Crippen molar-refractivity contribution < 1.29 is 4.79 Å². The maximum Gasteiger partial charge on any atom is 0.236 e. The number of benzene rings is 1. The standard InChI is InChI=1S/C15H22N2O/c1-12(2)14-6-4-13(5-7-14)11-17-9-3-8-16-10-15(17)18/h4-7,12,16H,3,8-11H2,1-2H3. The number of nitrogens with zero attached hydrogens (tertiary/aromatic N) is 1. The van der Waals surface area contributed by atoms with Crippen LogP contribution >= 0.6 is 0 Å². The zero-order valence-corrected chi connectivity index (χ0v) is 11.3. The van der Waals surface area contributed by atoms with E-state index in [1.807, 2.05) is 4.90 Å². The van der Waals surface area contributed by atoms with E-state index in [1.165, 1.54) is 11.1 Å². The van der Waals surface area contributed by atoms with Gasteiger partial charge in [-0.3, -0.25) is 4.79 Å².